The number of amides is 2. The fourth-order valence-corrected chi connectivity index (χ4v) is 0.754. The van der Waals surface area contributed by atoms with E-state index in [0.29, 0.717) is 0 Å². The molecule has 50 valence electrons. The molecule has 4 nitrogen and oxygen atoms in total. The van der Waals surface area contributed by atoms with Crippen LogP contribution in [0.3, 0.4) is 0 Å². The standard InChI is InChI=1S/C3H3Cl2N3O/c4-7-1-6-3(9)8(5)2-7/h1H,2H2. The molecule has 0 atom stereocenters. The highest BCUT2D eigenvalue weighted by molar-refractivity contribution is 6.25. The Morgan fingerprint density at radius 1 is 1.67 bits per heavy atom. The van der Waals surface area contributed by atoms with Crippen molar-refractivity contribution in [3.63, 3.8) is 0 Å². The number of hydrogen-bond acceptors (Lipinski definition) is 2. The number of rotatable bonds is 0. The lowest BCUT2D eigenvalue weighted by molar-refractivity contribution is 0.225. The average Bonchev–Trinajstić information content (AvgIpc) is 1.80. The zero-order chi connectivity index (χ0) is 6.85. The van der Waals surface area contributed by atoms with Crippen LogP contribution >= 0.6 is 23.6 Å². The molecule has 0 saturated heterocycles. The van der Waals surface area contributed by atoms with E-state index in [4.69, 9.17) is 23.6 Å². The van der Waals surface area contributed by atoms with Gasteiger partial charge in [0.1, 0.15) is 13.0 Å². The Morgan fingerprint density at radius 3 is 2.78 bits per heavy atom. The summed E-state index contributed by atoms with van der Waals surface area (Å²) < 4.78 is 2.06. The first kappa shape index (κ1) is 6.64. The van der Waals surface area contributed by atoms with E-state index in [1.165, 1.54) is 10.8 Å². The number of carbonyl (C=O) groups is 1. The molecule has 0 saturated carbocycles. The van der Waals surface area contributed by atoms with Gasteiger partial charge in [0.25, 0.3) is 0 Å². The van der Waals surface area contributed by atoms with Crippen LogP contribution in [0, 0.1) is 0 Å². The van der Waals surface area contributed by atoms with Gasteiger partial charge in [0.05, 0.1) is 0 Å². The molecule has 9 heavy (non-hydrogen) atoms. The number of urea groups is 1. The van der Waals surface area contributed by atoms with E-state index in [1.807, 2.05) is 0 Å². The zero-order valence-electron chi connectivity index (χ0n) is 4.29. The minimum absolute atomic E-state index is 0.158. The van der Waals surface area contributed by atoms with Crippen LogP contribution in [0.2, 0.25) is 0 Å². The van der Waals surface area contributed by atoms with Crippen LogP contribution in [0.25, 0.3) is 0 Å². The first-order chi connectivity index (χ1) is 4.20. The number of carbonyl (C=O) groups excluding carboxylic acids is 1. The Balaban J connectivity index is 2.65. The van der Waals surface area contributed by atoms with E-state index < -0.39 is 6.03 Å². The SMILES string of the molecule is O=C1N=CN(Cl)CN1Cl. The van der Waals surface area contributed by atoms with Crippen molar-refractivity contribution in [3.8, 4) is 0 Å². The smallest absolute Gasteiger partial charge is 0.254 e. The molecule has 0 unspecified atom stereocenters. The lowest BCUT2D eigenvalue weighted by atomic mass is 10.8. The zero-order valence-corrected chi connectivity index (χ0v) is 5.80. The fraction of sp³-hybridized carbons (Fsp3) is 0.333. The predicted octanol–water partition coefficient (Wildman–Crippen LogP) is 1.02. The Labute approximate surface area is 61.9 Å². The van der Waals surface area contributed by atoms with Crippen LogP contribution in [0.1, 0.15) is 0 Å². The molecule has 1 aliphatic rings. The van der Waals surface area contributed by atoms with E-state index in [9.17, 15) is 4.79 Å². The van der Waals surface area contributed by atoms with Crippen LogP contribution < -0.4 is 0 Å². The highest BCUT2D eigenvalue weighted by Gasteiger charge is 2.15. The van der Waals surface area contributed by atoms with E-state index in [2.05, 4.69) is 4.99 Å². The van der Waals surface area contributed by atoms with E-state index in [-0.39, 0.29) is 6.67 Å². The van der Waals surface area contributed by atoms with E-state index in [0.717, 1.165) is 4.42 Å². The van der Waals surface area contributed by atoms with Crippen LogP contribution in [-0.2, 0) is 0 Å². The summed E-state index contributed by atoms with van der Waals surface area (Å²) in [4.78, 5) is 13.8. The average molecular weight is 168 g/mol. The summed E-state index contributed by atoms with van der Waals surface area (Å²) in [5.41, 5.74) is 0. The predicted molar refractivity (Wildman–Crippen MR) is 34.1 cm³/mol. The van der Waals surface area contributed by atoms with Crippen molar-refractivity contribution in [2.75, 3.05) is 6.67 Å². The van der Waals surface area contributed by atoms with E-state index >= 15 is 0 Å². The maximum absolute atomic E-state index is 10.5. The summed E-state index contributed by atoms with van der Waals surface area (Å²) >= 11 is 10.7. The third-order valence-electron chi connectivity index (χ3n) is 0.760. The number of aliphatic imine (C=N–C) groups is 1. The van der Waals surface area contributed by atoms with Crippen LogP contribution in [-0.4, -0.2) is 27.9 Å². The minimum atomic E-state index is -0.492. The summed E-state index contributed by atoms with van der Waals surface area (Å²) in [6, 6.07) is -0.492. The van der Waals surface area contributed by atoms with Gasteiger partial charge >= 0.3 is 6.03 Å². The molecule has 0 aliphatic carbocycles. The van der Waals surface area contributed by atoms with Gasteiger partial charge in [-0.25, -0.2) is 9.21 Å². The van der Waals surface area contributed by atoms with Crippen molar-refractivity contribution in [1.29, 1.82) is 0 Å². The second-order valence-corrected chi connectivity index (χ2v) is 2.27. The lowest BCUT2D eigenvalue weighted by Crippen LogP contribution is -2.33. The van der Waals surface area contributed by atoms with Crippen LogP contribution in [0.4, 0.5) is 4.79 Å². The van der Waals surface area contributed by atoms with Gasteiger partial charge in [0, 0.05) is 23.6 Å². The van der Waals surface area contributed by atoms with Crippen LogP contribution in [0.15, 0.2) is 4.99 Å². The van der Waals surface area contributed by atoms with Gasteiger partial charge < -0.3 is 0 Å². The van der Waals surface area contributed by atoms with Crippen molar-refractivity contribution in [3.05, 3.63) is 0 Å². The normalized spacial score (nSPS) is 19.1. The quantitative estimate of drug-likeness (QED) is 0.506. The molecule has 2 amide bonds. The molecule has 0 aromatic rings. The highest BCUT2D eigenvalue weighted by Crippen LogP contribution is 2.06. The number of halogens is 2. The highest BCUT2D eigenvalue weighted by atomic mass is 35.5. The maximum Gasteiger partial charge on any atom is 0.361 e. The molecular formula is C3H3Cl2N3O. The minimum Gasteiger partial charge on any atom is -0.254 e. The first-order valence-corrected chi connectivity index (χ1v) is 2.81. The molecule has 0 bridgehead atoms. The van der Waals surface area contributed by atoms with Crippen molar-refractivity contribution in [2.24, 2.45) is 4.99 Å². The van der Waals surface area contributed by atoms with Gasteiger partial charge in [-0.2, -0.15) is 4.99 Å². The number of nitrogens with zero attached hydrogens (tertiary/aromatic N) is 3. The van der Waals surface area contributed by atoms with Gasteiger partial charge in [0.15, 0.2) is 0 Å². The molecule has 6 heteroatoms. The lowest BCUT2D eigenvalue weighted by Gasteiger charge is -2.19. The monoisotopic (exact) mass is 167 g/mol. The van der Waals surface area contributed by atoms with Gasteiger partial charge in [-0.15, -0.1) is 0 Å². The van der Waals surface area contributed by atoms with Gasteiger partial charge in [0.2, 0.25) is 0 Å². The first-order valence-electron chi connectivity index (χ1n) is 2.14. The van der Waals surface area contributed by atoms with E-state index in [1.54, 1.807) is 0 Å². The fourth-order valence-electron chi connectivity index (χ4n) is 0.390. The molecule has 0 N–H and O–H groups in total. The topological polar surface area (TPSA) is 35.9 Å². The molecule has 0 fully saturated rings. The third-order valence-corrected chi connectivity index (χ3v) is 1.21. The molecule has 1 heterocycles. The number of hydrogen-bond donors (Lipinski definition) is 0. The molecule has 0 aromatic heterocycles. The Hall–Kier alpha value is -0.480. The second-order valence-electron chi connectivity index (χ2n) is 1.43. The summed E-state index contributed by atoms with van der Waals surface area (Å²) in [6.07, 6.45) is 1.21. The largest absolute Gasteiger partial charge is 0.361 e. The summed E-state index contributed by atoms with van der Waals surface area (Å²) in [5, 5.41) is 0. The molecule has 1 rings (SSSR count). The van der Waals surface area contributed by atoms with Gasteiger partial charge in [-0.3, -0.25) is 4.42 Å². The second kappa shape index (κ2) is 2.41. The Kier molecular flexibility index (Phi) is 1.78. The van der Waals surface area contributed by atoms with Crippen molar-refractivity contribution >= 4 is 35.9 Å². The maximum atomic E-state index is 10.5. The Morgan fingerprint density at radius 2 is 2.33 bits per heavy atom. The Bertz CT molecular complexity index is 159. The van der Waals surface area contributed by atoms with Gasteiger partial charge in [-0.1, -0.05) is 0 Å². The van der Waals surface area contributed by atoms with Crippen LogP contribution in [0.5, 0.6) is 0 Å². The molecule has 0 spiro atoms. The molecule has 0 radical (unpaired) electrons. The molecule has 0 aromatic carbocycles. The summed E-state index contributed by atoms with van der Waals surface area (Å²) in [5.74, 6) is 0. The van der Waals surface area contributed by atoms with Crippen molar-refractivity contribution in [2.45, 2.75) is 0 Å². The van der Waals surface area contributed by atoms with Crippen molar-refractivity contribution < 1.29 is 4.79 Å². The summed E-state index contributed by atoms with van der Waals surface area (Å²) in [7, 11) is 0. The third kappa shape index (κ3) is 1.46. The molecule has 1 aliphatic heterocycles. The summed E-state index contributed by atoms with van der Waals surface area (Å²) in [6.45, 7) is 0.158. The molecular weight excluding hydrogens is 165 g/mol. The van der Waals surface area contributed by atoms with Crippen molar-refractivity contribution in [1.82, 2.24) is 8.84 Å². The van der Waals surface area contributed by atoms with Gasteiger partial charge in [-0.05, 0) is 0 Å².